The molecule has 0 fully saturated rings. The van der Waals surface area contributed by atoms with Gasteiger partial charge in [0.2, 0.25) is 0 Å². The highest BCUT2D eigenvalue weighted by atomic mass is 16.3. The van der Waals surface area contributed by atoms with Crippen LogP contribution < -0.4 is 0 Å². The fourth-order valence-electron chi connectivity index (χ4n) is 2.56. The lowest BCUT2D eigenvalue weighted by atomic mass is 9.99. The van der Waals surface area contributed by atoms with Gasteiger partial charge in [-0.2, -0.15) is 0 Å². The van der Waals surface area contributed by atoms with E-state index in [1.807, 2.05) is 30.3 Å². The van der Waals surface area contributed by atoms with E-state index in [1.54, 1.807) is 0 Å². The van der Waals surface area contributed by atoms with Crippen LogP contribution >= 0.6 is 0 Å². The normalized spacial score (nSPS) is 11.8. The largest absolute Gasteiger partial charge is 0.392 e. The molecule has 0 saturated heterocycles. The summed E-state index contributed by atoms with van der Waals surface area (Å²) in [5.41, 5.74) is 5.74. The molecule has 3 rings (SSSR count). The molecule has 0 atom stereocenters. The molecule has 0 saturated carbocycles. The molecule has 0 aromatic heterocycles. The molecular weight excluding hydrogens is 236 g/mol. The molecule has 19 heavy (non-hydrogen) atoms. The summed E-state index contributed by atoms with van der Waals surface area (Å²) in [7, 11) is 0. The Balaban J connectivity index is 2.02. The van der Waals surface area contributed by atoms with Crippen molar-refractivity contribution in [2.45, 2.75) is 6.42 Å². The summed E-state index contributed by atoms with van der Waals surface area (Å²) in [6.07, 6.45) is 0.859. The summed E-state index contributed by atoms with van der Waals surface area (Å²) in [6.45, 7) is 3.29. The van der Waals surface area contributed by atoms with Gasteiger partial charge in [-0.25, -0.2) is 0 Å². The van der Waals surface area contributed by atoms with Gasteiger partial charge in [-0.05, 0) is 34.7 Å². The number of ketones is 1. The monoisotopic (exact) mass is 250 g/mol. The molecule has 0 unspecified atom stereocenters. The molecule has 94 valence electrons. The van der Waals surface area contributed by atoms with Crippen LogP contribution in [0.4, 0.5) is 0 Å². The van der Waals surface area contributed by atoms with Crippen molar-refractivity contribution in [1.82, 2.24) is 0 Å². The van der Waals surface area contributed by atoms with Crippen LogP contribution in [-0.2, 0) is 6.42 Å². The molecule has 0 spiro atoms. The van der Waals surface area contributed by atoms with Gasteiger partial charge in [0.1, 0.15) is 0 Å². The van der Waals surface area contributed by atoms with Crippen molar-refractivity contribution in [3.05, 3.63) is 71.3 Å². The fraction of sp³-hybridized carbons (Fsp3) is 0.118. The smallest absolute Gasteiger partial charge is 0.190 e. The molecule has 2 heteroatoms. The standard InChI is InChI=1S/C17H14O2/c1-11(10-18)17(19)13-6-7-16-14(9-13)8-12-4-2-3-5-15(12)16/h2-7,9,18H,1,8,10H2. The Morgan fingerprint density at radius 2 is 1.84 bits per heavy atom. The number of aliphatic hydroxyl groups is 1. The molecule has 0 radical (unpaired) electrons. The number of hydrogen-bond acceptors (Lipinski definition) is 2. The van der Waals surface area contributed by atoms with Gasteiger partial charge in [0, 0.05) is 11.1 Å². The maximum atomic E-state index is 12.0. The van der Waals surface area contributed by atoms with Gasteiger partial charge in [0.25, 0.3) is 0 Å². The van der Waals surface area contributed by atoms with Crippen molar-refractivity contribution >= 4 is 5.78 Å². The van der Waals surface area contributed by atoms with Crippen molar-refractivity contribution in [2.75, 3.05) is 6.61 Å². The minimum Gasteiger partial charge on any atom is -0.392 e. The average Bonchev–Trinajstić information content (AvgIpc) is 2.83. The lowest BCUT2D eigenvalue weighted by Gasteiger charge is -2.05. The minimum absolute atomic E-state index is 0.179. The van der Waals surface area contributed by atoms with E-state index in [-0.39, 0.29) is 18.0 Å². The lowest BCUT2D eigenvalue weighted by molar-refractivity contribution is 0.102. The zero-order valence-electron chi connectivity index (χ0n) is 10.5. The second kappa shape index (κ2) is 4.48. The van der Waals surface area contributed by atoms with E-state index in [1.165, 1.54) is 16.7 Å². The second-order valence-electron chi connectivity index (χ2n) is 4.80. The number of fused-ring (bicyclic) bond motifs is 3. The van der Waals surface area contributed by atoms with Gasteiger partial charge in [0.15, 0.2) is 5.78 Å². The lowest BCUT2D eigenvalue weighted by Crippen LogP contribution is -2.06. The van der Waals surface area contributed by atoms with E-state index in [9.17, 15) is 4.79 Å². The Bertz CT molecular complexity index is 683. The summed E-state index contributed by atoms with van der Waals surface area (Å²) >= 11 is 0. The number of benzene rings is 2. The van der Waals surface area contributed by atoms with Crippen LogP contribution in [-0.4, -0.2) is 17.5 Å². The fourth-order valence-corrected chi connectivity index (χ4v) is 2.56. The number of carbonyl (C=O) groups is 1. The third-order valence-corrected chi connectivity index (χ3v) is 3.57. The first-order valence-electron chi connectivity index (χ1n) is 6.25. The van der Waals surface area contributed by atoms with Crippen LogP contribution in [0.2, 0.25) is 0 Å². The highest BCUT2D eigenvalue weighted by molar-refractivity contribution is 6.09. The average molecular weight is 250 g/mol. The van der Waals surface area contributed by atoms with Gasteiger partial charge >= 0.3 is 0 Å². The molecular formula is C17H14O2. The first kappa shape index (κ1) is 11.9. The number of carbonyl (C=O) groups excluding carboxylic acids is 1. The molecule has 2 aromatic carbocycles. The highest BCUT2D eigenvalue weighted by Crippen LogP contribution is 2.36. The first-order valence-corrected chi connectivity index (χ1v) is 6.25. The van der Waals surface area contributed by atoms with Crippen LogP contribution in [0.3, 0.4) is 0 Å². The summed E-state index contributed by atoms with van der Waals surface area (Å²) in [5.74, 6) is -0.179. The van der Waals surface area contributed by atoms with Gasteiger partial charge in [0.05, 0.1) is 6.61 Å². The third-order valence-electron chi connectivity index (χ3n) is 3.57. The first-order chi connectivity index (χ1) is 9.20. The van der Waals surface area contributed by atoms with Gasteiger partial charge in [-0.1, -0.05) is 43.0 Å². The number of aliphatic hydroxyl groups excluding tert-OH is 1. The molecule has 0 bridgehead atoms. The van der Waals surface area contributed by atoms with Crippen molar-refractivity contribution < 1.29 is 9.90 Å². The molecule has 2 nitrogen and oxygen atoms in total. The van der Waals surface area contributed by atoms with E-state index < -0.39 is 0 Å². The Hall–Kier alpha value is -2.19. The predicted octanol–water partition coefficient (Wildman–Crippen LogP) is 2.99. The number of rotatable bonds is 3. The van der Waals surface area contributed by atoms with Crippen LogP contribution in [0.1, 0.15) is 21.5 Å². The summed E-state index contributed by atoms with van der Waals surface area (Å²) < 4.78 is 0. The highest BCUT2D eigenvalue weighted by Gasteiger charge is 2.19. The second-order valence-corrected chi connectivity index (χ2v) is 4.80. The third kappa shape index (κ3) is 1.90. The van der Waals surface area contributed by atoms with Crippen molar-refractivity contribution in [2.24, 2.45) is 0 Å². The molecule has 0 amide bonds. The molecule has 0 heterocycles. The van der Waals surface area contributed by atoms with Gasteiger partial charge < -0.3 is 5.11 Å². The maximum Gasteiger partial charge on any atom is 0.190 e. The summed E-state index contributed by atoms with van der Waals surface area (Å²) in [4.78, 5) is 12.0. The van der Waals surface area contributed by atoms with E-state index in [0.29, 0.717) is 5.56 Å². The van der Waals surface area contributed by atoms with Crippen molar-refractivity contribution in [3.8, 4) is 11.1 Å². The Morgan fingerprint density at radius 1 is 1.11 bits per heavy atom. The summed E-state index contributed by atoms with van der Waals surface area (Å²) in [6, 6.07) is 14.0. The van der Waals surface area contributed by atoms with E-state index in [2.05, 4.69) is 18.7 Å². The number of hydrogen-bond donors (Lipinski definition) is 1. The van der Waals surface area contributed by atoms with Gasteiger partial charge in [-0.15, -0.1) is 0 Å². The quantitative estimate of drug-likeness (QED) is 0.573. The molecule has 1 N–H and O–H groups in total. The predicted molar refractivity (Wildman–Crippen MR) is 75.2 cm³/mol. The zero-order chi connectivity index (χ0) is 13.4. The zero-order valence-corrected chi connectivity index (χ0v) is 10.5. The topological polar surface area (TPSA) is 37.3 Å². The van der Waals surface area contributed by atoms with Gasteiger partial charge in [-0.3, -0.25) is 4.79 Å². The molecule has 0 aliphatic heterocycles. The molecule has 1 aliphatic carbocycles. The Labute approximate surface area is 112 Å². The molecule has 1 aliphatic rings. The van der Waals surface area contributed by atoms with Crippen LogP contribution in [0.15, 0.2) is 54.6 Å². The maximum absolute atomic E-state index is 12.0. The Morgan fingerprint density at radius 3 is 2.63 bits per heavy atom. The SMILES string of the molecule is C=C(CO)C(=O)c1ccc2c(c1)Cc1ccccc1-2. The Kier molecular flexibility index (Phi) is 2.80. The van der Waals surface area contributed by atoms with E-state index in [0.717, 1.165) is 12.0 Å². The van der Waals surface area contributed by atoms with Crippen LogP contribution in [0.25, 0.3) is 11.1 Å². The van der Waals surface area contributed by atoms with E-state index in [4.69, 9.17) is 5.11 Å². The molecule has 2 aromatic rings. The van der Waals surface area contributed by atoms with Crippen LogP contribution in [0, 0.1) is 0 Å². The number of Topliss-reactive ketones (excluding diaryl/α,β-unsaturated/α-hetero) is 1. The minimum atomic E-state index is -0.295. The van der Waals surface area contributed by atoms with Crippen LogP contribution in [0.5, 0.6) is 0 Å². The van der Waals surface area contributed by atoms with Crippen molar-refractivity contribution in [1.29, 1.82) is 0 Å². The summed E-state index contributed by atoms with van der Waals surface area (Å²) in [5, 5.41) is 8.98. The van der Waals surface area contributed by atoms with Crippen molar-refractivity contribution in [3.63, 3.8) is 0 Å². The van der Waals surface area contributed by atoms with E-state index >= 15 is 0 Å².